The van der Waals surface area contributed by atoms with E-state index in [1.165, 1.54) is 25.7 Å². The summed E-state index contributed by atoms with van der Waals surface area (Å²) in [6, 6.07) is 1.88. The van der Waals surface area contributed by atoms with Gasteiger partial charge in [-0.05, 0) is 36.5 Å². The van der Waals surface area contributed by atoms with Crippen molar-refractivity contribution in [2.45, 2.75) is 71.5 Å². The Morgan fingerprint density at radius 2 is 1.40 bits per heavy atom. The molecule has 15 heavy (non-hydrogen) atoms. The van der Waals surface area contributed by atoms with Crippen LogP contribution in [0.3, 0.4) is 0 Å². The van der Waals surface area contributed by atoms with Crippen LogP contribution in [-0.4, -0.2) is 18.1 Å². The van der Waals surface area contributed by atoms with Crippen LogP contribution >= 0.6 is 0 Å². The molecule has 3 N–H and O–H groups in total. The van der Waals surface area contributed by atoms with Crippen LogP contribution in [0.2, 0.25) is 0 Å². The minimum atomic E-state index is 0.461. The molecule has 2 rings (SSSR count). The van der Waals surface area contributed by atoms with Crippen LogP contribution in [0.5, 0.6) is 0 Å². The molecular formula is C13H26N2. The molecule has 0 atom stereocenters. The van der Waals surface area contributed by atoms with Gasteiger partial charge in [-0.25, -0.2) is 0 Å². The Balaban J connectivity index is 1.85. The third-order valence-electron chi connectivity index (χ3n) is 5.19. The molecule has 2 saturated carbocycles. The second-order valence-electron chi connectivity index (χ2n) is 6.65. The first-order valence-corrected chi connectivity index (χ1v) is 6.37. The molecule has 0 amide bonds. The number of hydrogen-bond donors (Lipinski definition) is 2. The maximum atomic E-state index is 5.92. The van der Waals surface area contributed by atoms with E-state index in [1.807, 2.05) is 0 Å². The molecule has 2 aliphatic rings. The maximum Gasteiger partial charge on any atom is 0.0183 e. The van der Waals surface area contributed by atoms with Crippen LogP contribution in [0, 0.1) is 10.8 Å². The van der Waals surface area contributed by atoms with Gasteiger partial charge < -0.3 is 11.1 Å². The quantitative estimate of drug-likeness (QED) is 0.734. The lowest BCUT2D eigenvalue weighted by molar-refractivity contribution is 0.326. The summed E-state index contributed by atoms with van der Waals surface area (Å²) >= 11 is 0. The summed E-state index contributed by atoms with van der Waals surface area (Å²) in [6.45, 7) is 9.50. The zero-order valence-electron chi connectivity index (χ0n) is 10.6. The number of nitrogens with one attached hydrogen (secondary N) is 1. The van der Waals surface area contributed by atoms with Crippen LogP contribution in [0.15, 0.2) is 0 Å². The summed E-state index contributed by atoms with van der Waals surface area (Å²) in [6.07, 6.45) is 4.93. The van der Waals surface area contributed by atoms with Crippen LogP contribution in [0.4, 0.5) is 0 Å². The molecule has 0 saturated heterocycles. The number of rotatable bonds is 2. The fraction of sp³-hybridized carbons (Fsp3) is 1.00. The van der Waals surface area contributed by atoms with E-state index in [1.54, 1.807) is 0 Å². The van der Waals surface area contributed by atoms with Crippen LogP contribution < -0.4 is 11.1 Å². The fourth-order valence-corrected chi connectivity index (χ4v) is 3.13. The molecule has 0 aliphatic heterocycles. The highest BCUT2D eigenvalue weighted by Gasteiger charge is 2.64. The summed E-state index contributed by atoms with van der Waals surface area (Å²) in [5.41, 5.74) is 6.85. The van der Waals surface area contributed by atoms with Gasteiger partial charge in [-0.2, -0.15) is 0 Å². The smallest absolute Gasteiger partial charge is 0.0183 e. The number of hydrogen-bond acceptors (Lipinski definition) is 2. The molecule has 0 aromatic carbocycles. The topological polar surface area (TPSA) is 38.0 Å². The standard InChI is InChI=1S/C13H26N2/c1-12(2)11(13(12,3)4)15-10-7-5-9(14)6-8-10/h9-11,15H,5-8,14H2,1-4H3. The first kappa shape index (κ1) is 11.4. The van der Waals surface area contributed by atoms with Gasteiger partial charge in [0, 0.05) is 18.1 Å². The zero-order chi connectivity index (χ0) is 11.3. The lowest BCUT2D eigenvalue weighted by atomic mass is 9.91. The van der Waals surface area contributed by atoms with Crippen LogP contribution in [-0.2, 0) is 0 Å². The molecule has 2 fully saturated rings. The average Bonchev–Trinajstić information content (AvgIpc) is 2.52. The molecule has 0 bridgehead atoms. The molecule has 0 aromatic rings. The molecule has 0 aromatic heterocycles. The normalized spacial score (nSPS) is 39.0. The predicted octanol–water partition coefficient (Wildman–Crippen LogP) is 2.28. The summed E-state index contributed by atoms with van der Waals surface area (Å²) in [5.74, 6) is 0. The highest BCUT2D eigenvalue weighted by Crippen LogP contribution is 2.62. The van der Waals surface area contributed by atoms with Gasteiger partial charge in [0.2, 0.25) is 0 Å². The van der Waals surface area contributed by atoms with E-state index in [9.17, 15) is 0 Å². The van der Waals surface area contributed by atoms with Crippen molar-refractivity contribution in [1.29, 1.82) is 0 Å². The summed E-state index contributed by atoms with van der Waals surface area (Å²) in [7, 11) is 0. The van der Waals surface area contributed by atoms with Crippen molar-refractivity contribution in [3.05, 3.63) is 0 Å². The summed E-state index contributed by atoms with van der Waals surface area (Å²) in [4.78, 5) is 0. The predicted molar refractivity (Wildman–Crippen MR) is 64.7 cm³/mol. The lowest BCUT2D eigenvalue weighted by Gasteiger charge is -2.27. The molecule has 0 radical (unpaired) electrons. The minimum absolute atomic E-state index is 0.461. The van der Waals surface area contributed by atoms with Gasteiger partial charge in [-0.3, -0.25) is 0 Å². The van der Waals surface area contributed by atoms with Gasteiger partial charge in [0.05, 0.1) is 0 Å². The van der Waals surface area contributed by atoms with Crippen LogP contribution in [0.25, 0.3) is 0 Å². The Morgan fingerprint density at radius 3 is 1.80 bits per heavy atom. The summed E-state index contributed by atoms with van der Waals surface area (Å²) < 4.78 is 0. The molecule has 2 nitrogen and oxygen atoms in total. The first-order valence-electron chi connectivity index (χ1n) is 6.37. The minimum Gasteiger partial charge on any atom is -0.328 e. The van der Waals surface area contributed by atoms with Gasteiger partial charge in [0.15, 0.2) is 0 Å². The van der Waals surface area contributed by atoms with Crippen LogP contribution in [0.1, 0.15) is 53.4 Å². The first-order chi connectivity index (χ1) is 6.85. The van der Waals surface area contributed by atoms with Crippen molar-refractivity contribution in [1.82, 2.24) is 5.32 Å². The second kappa shape index (κ2) is 3.46. The van der Waals surface area contributed by atoms with E-state index < -0.39 is 0 Å². The fourth-order valence-electron chi connectivity index (χ4n) is 3.13. The van der Waals surface area contributed by atoms with Gasteiger partial charge in [0.1, 0.15) is 0 Å². The average molecular weight is 210 g/mol. The Morgan fingerprint density at radius 1 is 0.933 bits per heavy atom. The molecule has 88 valence electrons. The van der Waals surface area contributed by atoms with Gasteiger partial charge >= 0.3 is 0 Å². The Bertz CT molecular complexity index is 223. The summed E-state index contributed by atoms with van der Waals surface area (Å²) in [5, 5.41) is 3.84. The van der Waals surface area contributed by atoms with Gasteiger partial charge in [-0.15, -0.1) is 0 Å². The molecule has 2 aliphatic carbocycles. The van der Waals surface area contributed by atoms with E-state index in [0.29, 0.717) is 22.9 Å². The van der Waals surface area contributed by atoms with Gasteiger partial charge in [-0.1, -0.05) is 27.7 Å². The Kier molecular flexibility index (Phi) is 2.63. The molecule has 0 heterocycles. The van der Waals surface area contributed by atoms with Crippen molar-refractivity contribution in [3.8, 4) is 0 Å². The highest BCUT2D eigenvalue weighted by molar-refractivity contribution is 5.18. The third-order valence-corrected chi connectivity index (χ3v) is 5.19. The van der Waals surface area contributed by atoms with Gasteiger partial charge in [0.25, 0.3) is 0 Å². The van der Waals surface area contributed by atoms with Crippen molar-refractivity contribution < 1.29 is 0 Å². The zero-order valence-corrected chi connectivity index (χ0v) is 10.6. The second-order valence-corrected chi connectivity index (χ2v) is 6.65. The van der Waals surface area contributed by atoms with E-state index in [-0.39, 0.29) is 0 Å². The van der Waals surface area contributed by atoms with Crippen molar-refractivity contribution >= 4 is 0 Å². The molecular weight excluding hydrogens is 184 g/mol. The maximum absolute atomic E-state index is 5.92. The lowest BCUT2D eigenvalue weighted by Crippen LogP contribution is -2.40. The van der Waals surface area contributed by atoms with E-state index in [0.717, 1.165) is 6.04 Å². The largest absolute Gasteiger partial charge is 0.328 e. The number of nitrogens with two attached hydrogens (primary N) is 1. The monoisotopic (exact) mass is 210 g/mol. The third kappa shape index (κ3) is 1.83. The SMILES string of the molecule is CC1(C)C(NC2CCC(N)CC2)C1(C)C. The molecule has 0 spiro atoms. The highest BCUT2D eigenvalue weighted by atomic mass is 15.1. The van der Waals surface area contributed by atoms with E-state index in [4.69, 9.17) is 5.73 Å². The van der Waals surface area contributed by atoms with Crippen molar-refractivity contribution in [2.75, 3.05) is 0 Å². The van der Waals surface area contributed by atoms with E-state index >= 15 is 0 Å². The van der Waals surface area contributed by atoms with E-state index in [2.05, 4.69) is 33.0 Å². The Hall–Kier alpha value is -0.0800. The molecule has 2 heteroatoms. The van der Waals surface area contributed by atoms with Crippen molar-refractivity contribution in [2.24, 2.45) is 16.6 Å². The Labute approximate surface area is 94.0 Å². The van der Waals surface area contributed by atoms with Crippen molar-refractivity contribution in [3.63, 3.8) is 0 Å². The molecule has 0 unspecified atom stereocenters.